The van der Waals surface area contributed by atoms with Crippen molar-refractivity contribution in [2.24, 2.45) is 0 Å². The Balaban J connectivity index is 2.32. The summed E-state index contributed by atoms with van der Waals surface area (Å²) in [5, 5.41) is 2.78. The molecule has 0 saturated carbocycles. The van der Waals surface area contributed by atoms with Gasteiger partial charge in [-0.25, -0.2) is 4.39 Å². The first kappa shape index (κ1) is 17.1. The summed E-state index contributed by atoms with van der Waals surface area (Å²) in [6, 6.07) is 7.44. The van der Waals surface area contributed by atoms with Gasteiger partial charge >= 0.3 is 0 Å². The Labute approximate surface area is 139 Å². The predicted molar refractivity (Wildman–Crippen MR) is 88.3 cm³/mol. The molecule has 0 heterocycles. The van der Waals surface area contributed by atoms with Crippen LogP contribution < -0.4 is 14.8 Å². The van der Waals surface area contributed by atoms with E-state index in [1.54, 1.807) is 12.1 Å². The van der Waals surface area contributed by atoms with Gasteiger partial charge in [-0.1, -0.05) is 17.7 Å². The maximum atomic E-state index is 13.7. The van der Waals surface area contributed by atoms with Crippen LogP contribution in [0.15, 0.2) is 30.3 Å². The van der Waals surface area contributed by atoms with Crippen LogP contribution in [-0.4, -0.2) is 19.6 Å². The van der Waals surface area contributed by atoms with Gasteiger partial charge in [0.15, 0.2) is 11.5 Å². The molecule has 2 rings (SSSR count). The maximum Gasteiger partial charge on any atom is 0.255 e. The highest BCUT2D eigenvalue weighted by Crippen LogP contribution is 2.36. The summed E-state index contributed by atoms with van der Waals surface area (Å²) in [4.78, 5) is 12.3. The molecule has 0 radical (unpaired) electrons. The molecule has 0 aliphatic heterocycles. The van der Waals surface area contributed by atoms with Crippen LogP contribution in [0.5, 0.6) is 11.5 Å². The van der Waals surface area contributed by atoms with Crippen LogP contribution in [-0.2, 0) is 0 Å². The second-order valence-corrected chi connectivity index (χ2v) is 5.27. The molecule has 4 nitrogen and oxygen atoms in total. The zero-order valence-corrected chi connectivity index (χ0v) is 13.8. The molecular formula is C17H17ClFNO3. The number of hydrogen-bond acceptors (Lipinski definition) is 3. The van der Waals surface area contributed by atoms with E-state index in [2.05, 4.69) is 5.32 Å². The molecule has 122 valence electrons. The number of aryl methyl sites for hydroxylation is 1. The summed E-state index contributed by atoms with van der Waals surface area (Å²) >= 11 is 6.14. The van der Waals surface area contributed by atoms with Crippen LogP contribution in [0, 0.1) is 12.7 Å². The molecule has 6 heteroatoms. The smallest absolute Gasteiger partial charge is 0.255 e. The number of hydrogen-bond donors (Lipinski definition) is 1. The molecule has 1 N–H and O–H groups in total. The number of benzene rings is 2. The van der Waals surface area contributed by atoms with Crippen molar-refractivity contribution in [2.75, 3.05) is 19.0 Å². The normalized spacial score (nSPS) is 10.3. The van der Waals surface area contributed by atoms with Crippen LogP contribution in [0.4, 0.5) is 10.1 Å². The lowest BCUT2D eigenvalue weighted by molar-refractivity contribution is 0.102. The average molecular weight is 338 g/mol. The number of carbonyl (C=O) groups is 1. The summed E-state index contributed by atoms with van der Waals surface area (Å²) in [7, 11) is 1.45. The number of anilines is 1. The highest BCUT2D eigenvalue weighted by Gasteiger charge is 2.16. The van der Waals surface area contributed by atoms with Crippen molar-refractivity contribution in [2.45, 2.75) is 13.8 Å². The van der Waals surface area contributed by atoms with Gasteiger partial charge in [0.25, 0.3) is 5.91 Å². The number of halogens is 2. The Bertz CT molecular complexity index is 734. The molecule has 0 unspecified atom stereocenters. The number of methoxy groups -OCH3 is 1. The van der Waals surface area contributed by atoms with Crippen molar-refractivity contribution < 1.29 is 18.7 Å². The molecule has 0 atom stereocenters. The van der Waals surface area contributed by atoms with Gasteiger partial charge in [0.2, 0.25) is 0 Å². The minimum absolute atomic E-state index is 0.110. The molecule has 0 aliphatic rings. The predicted octanol–water partition coefficient (Wildman–Crippen LogP) is 4.45. The zero-order chi connectivity index (χ0) is 17.0. The van der Waals surface area contributed by atoms with Gasteiger partial charge in [0, 0.05) is 5.56 Å². The second kappa shape index (κ2) is 7.33. The van der Waals surface area contributed by atoms with Crippen molar-refractivity contribution in [1.29, 1.82) is 0 Å². The molecule has 2 aromatic carbocycles. The van der Waals surface area contributed by atoms with E-state index < -0.39 is 11.7 Å². The molecule has 0 aliphatic carbocycles. The van der Waals surface area contributed by atoms with E-state index in [-0.39, 0.29) is 16.3 Å². The van der Waals surface area contributed by atoms with E-state index in [1.165, 1.54) is 25.3 Å². The highest BCUT2D eigenvalue weighted by molar-refractivity contribution is 6.32. The fraction of sp³-hybridized carbons (Fsp3) is 0.235. The quantitative estimate of drug-likeness (QED) is 0.877. The summed E-state index contributed by atoms with van der Waals surface area (Å²) < 4.78 is 24.3. The summed E-state index contributed by atoms with van der Waals surface area (Å²) in [5.74, 6) is -0.283. The van der Waals surface area contributed by atoms with E-state index >= 15 is 0 Å². The van der Waals surface area contributed by atoms with Gasteiger partial charge in [0.05, 0.1) is 24.4 Å². The fourth-order valence-corrected chi connectivity index (χ4v) is 2.33. The fourth-order valence-electron chi connectivity index (χ4n) is 2.06. The Morgan fingerprint density at radius 2 is 2.04 bits per heavy atom. The van der Waals surface area contributed by atoms with E-state index in [1.807, 2.05) is 13.8 Å². The summed E-state index contributed by atoms with van der Waals surface area (Å²) in [6.07, 6.45) is 0. The molecular weight excluding hydrogens is 321 g/mol. The first-order chi connectivity index (χ1) is 11.0. The third-order valence-corrected chi connectivity index (χ3v) is 3.43. The monoisotopic (exact) mass is 337 g/mol. The molecule has 0 spiro atoms. The van der Waals surface area contributed by atoms with Gasteiger partial charge in [-0.2, -0.15) is 0 Å². The second-order valence-electron chi connectivity index (χ2n) is 4.86. The van der Waals surface area contributed by atoms with E-state index in [0.717, 1.165) is 5.56 Å². The molecule has 0 aromatic heterocycles. The number of ether oxygens (including phenoxy) is 2. The Hall–Kier alpha value is -2.27. The topological polar surface area (TPSA) is 47.6 Å². The molecule has 0 bridgehead atoms. The number of amides is 1. The van der Waals surface area contributed by atoms with Crippen LogP contribution in [0.1, 0.15) is 22.8 Å². The lowest BCUT2D eigenvalue weighted by Gasteiger charge is -2.13. The average Bonchev–Trinajstić information content (AvgIpc) is 2.52. The SMILES string of the molecule is CCOc1c(Cl)cc(C(=O)Nc2cc(C)ccc2F)cc1OC. The highest BCUT2D eigenvalue weighted by atomic mass is 35.5. The van der Waals surface area contributed by atoms with Crippen molar-refractivity contribution in [1.82, 2.24) is 0 Å². The van der Waals surface area contributed by atoms with E-state index in [4.69, 9.17) is 21.1 Å². The first-order valence-corrected chi connectivity index (χ1v) is 7.42. The number of rotatable bonds is 5. The molecule has 2 aromatic rings. The zero-order valence-electron chi connectivity index (χ0n) is 13.1. The van der Waals surface area contributed by atoms with E-state index in [0.29, 0.717) is 18.1 Å². The number of nitrogens with one attached hydrogen (secondary N) is 1. The minimum Gasteiger partial charge on any atom is -0.493 e. The lowest BCUT2D eigenvalue weighted by Crippen LogP contribution is -2.13. The number of carbonyl (C=O) groups excluding carboxylic acids is 1. The van der Waals surface area contributed by atoms with Gasteiger partial charge in [-0.15, -0.1) is 0 Å². The van der Waals surface area contributed by atoms with E-state index in [9.17, 15) is 9.18 Å². The third kappa shape index (κ3) is 3.93. The Morgan fingerprint density at radius 1 is 1.30 bits per heavy atom. The van der Waals surface area contributed by atoms with Crippen LogP contribution >= 0.6 is 11.6 Å². The standard InChI is InChI=1S/C17H17ClFNO3/c1-4-23-16-12(18)8-11(9-15(16)22-3)17(21)20-14-7-10(2)5-6-13(14)19/h5-9H,4H2,1-3H3,(H,20,21). The van der Waals surface area contributed by atoms with Gasteiger partial charge < -0.3 is 14.8 Å². The Morgan fingerprint density at radius 3 is 2.70 bits per heavy atom. The first-order valence-electron chi connectivity index (χ1n) is 7.04. The molecule has 23 heavy (non-hydrogen) atoms. The van der Waals surface area contributed by atoms with Crippen molar-refractivity contribution in [3.8, 4) is 11.5 Å². The molecule has 1 amide bonds. The molecule has 0 fully saturated rings. The van der Waals surface area contributed by atoms with Crippen molar-refractivity contribution in [3.05, 3.63) is 52.3 Å². The lowest BCUT2D eigenvalue weighted by atomic mass is 10.1. The Kier molecular flexibility index (Phi) is 5.45. The maximum absolute atomic E-state index is 13.7. The molecule has 0 saturated heterocycles. The summed E-state index contributed by atoms with van der Waals surface area (Å²) in [5.41, 5.74) is 1.19. The van der Waals surface area contributed by atoms with Crippen LogP contribution in [0.2, 0.25) is 5.02 Å². The van der Waals surface area contributed by atoms with Gasteiger partial charge in [-0.05, 0) is 43.7 Å². The minimum atomic E-state index is -0.507. The van der Waals surface area contributed by atoms with Crippen molar-refractivity contribution in [3.63, 3.8) is 0 Å². The van der Waals surface area contributed by atoms with Crippen LogP contribution in [0.25, 0.3) is 0 Å². The van der Waals surface area contributed by atoms with Gasteiger partial charge in [0.1, 0.15) is 5.82 Å². The van der Waals surface area contributed by atoms with Crippen LogP contribution in [0.3, 0.4) is 0 Å². The van der Waals surface area contributed by atoms with Gasteiger partial charge in [-0.3, -0.25) is 4.79 Å². The van der Waals surface area contributed by atoms with Crippen molar-refractivity contribution >= 4 is 23.2 Å². The third-order valence-electron chi connectivity index (χ3n) is 3.15. The largest absolute Gasteiger partial charge is 0.493 e. The summed E-state index contributed by atoms with van der Waals surface area (Å²) in [6.45, 7) is 4.04.